The lowest BCUT2D eigenvalue weighted by Crippen LogP contribution is -2.40. The molecule has 0 aliphatic carbocycles. The van der Waals surface area contributed by atoms with Crippen LogP contribution in [0.5, 0.6) is 0 Å². The number of anilines is 1. The summed E-state index contributed by atoms with van der Waals surface area (Å²) in [6.45, 7) is 6.21. The van der Waals surface area contributed by atoms with E-state index in [1.54, 1.807) is 6.20 Å². The number of hydrogen-bond donors (Lipinski definition) is 1. The Morgan fingerprint density at radius 3 is 2.55 bits per heavy atom. The Morgan fingerprint density at radius 2 is 1.77 bits per heavy atom. The van der Waals surface area contributed by atoms with Crippen LogP contribution in [0.1, 0.15) is 60.0 Å². The Kier molecular flexibility index (Phi) is 8.13. The molecule has 3 aliphatic rings. The molecule has 8 nitrogen and oxygen atoms in total. The average molecular weight is 468 g/mol. The highest BCUT2D eigenvalue weighted by molar-refractivity contribution is 5.99. The van der Waals surface area contributed by atoms with E-state index >= 15 is 0 Å². The number of nitrogens with zero attached hydrogens (tertiary/aromatic N) is 6. The van der Waals surface area contributed by atoms with Crippen molar-refractivity contribution in [2.45, 2.75) is 51.1 Å². The van der Waals surface area contributed by atoms with Crippen molar-refractivity contribution in [1.82, 2.24) is 30.0 Å². The lowest BCUT2D eigenvalue weighted by Gasteiger charge is -2.34. The fraction of sp³-hybridized carbons (Fsp3) is 0.619. The first-order chi connectivity index (χ1) is 14.3. The molecule has 0 bridgehead atoms. The number of carbonyl (C=O) groups excluding carboxylic acids is 1. The highest BCUT2D eigenvalue weighted by Crippen LogP contribution is 2.30. The highest BCUT2D eigenvalue weighted by Gasteiger charge is 2.30. The molecular formula is C21H31Cl2N7O. The lowest BCUT2D eigenvalue weighted by molar-refractivity contribution is 0.0710. The van der Waals surface area contributed by atoms with Crippen LogP contribution >= 0.6 is 24.8 Å². The molecule has 1 N–H and O–H groups in total. The minimum absolute atomic E-state index is 0. The number of fused-ring (bicyclic) bond motifs is 1. The maximum atomic E-state index is 13.3. The number of amides is 1. The van der Waals surface area contributed by atoms with Gasteiger partial charge in [0, 0.05) is 51.4 Å². The third-order valence-electron chi connectivity index (χ3n) is 6.47. The first kappa shape index (κ1) is 23.8. The van der Waals surface area contributed by atoms with Crippen LogP contribution in [0.25, 0.3) is 0 Å². The average Bonchev–Trinajstić information content (AvgIpc) is 3.23. The third kappa shape index (κ3) is 4.81. The molecule has 0 atom stereocenters. The topological polar surface area (TPSA) is 79.2 Å². The minimum atomic E-state index is 0. The monoisotopic (exact) mass is 467 g/mol. The molecule has 31 heavy (non-hydrogen) atoms. The summed E-state index contributed by atoms with van der Waals surface area (Å²) < 4.78 is 2.27. The predicted molar refractivity (Wildman–Crippen MR) is 124 cm³/mol. The first-order valence-corrected chi connectivity index (χ1v) is 10.9. The number of rotatable bonds is 3. The van der Waals surface area contributed by atoms with Gasteiger partial charge in [0.1, 0.15) is 17.5 Å². The van der Waals surface area contributed by atoms with Crippen molar-refractivity contribution in [3.8, 4) is 0 Å². The maximum absolute atomic E-state index is 13.3. The van der Waals surface area contributed by atoms with E-state index in [4.69, 9.17) is 0 Å². The second kappa shape index (κ2) is 10.6. The summed E-state index contributed by atoms with van der Waals surface area (Å²) in [5.74, 6) is 3.49. The smallest absolute Gasteiger partial charge is 0.257 e. The third-order valence-corrected chi connectivity index (χ3v) is 6.47. The Balaban J connectivity index is 0.00000136. The summed E-state index contributed by atoms with van der Waals surface area (Å²) in [6, 6.07) is 3.82. The van der Waals surface area contributed by atoms with E-state index in [1.807, 2.05) is 17.0 Å². The fourth-order valence-electron chi connectivity index (χ4n) is 4.85. The van der Waals surface area contributed by atoms with Crippen molar-refractivity contribution < 1.29 is 4.79 Å². The van der Waals surface area contributed by atoms with E-state index in [-0.39, 0.29) is 30.7 Å². The number of aromatic nitrogens is 4. The molecule has 10 heteroatoms. The molecule has 2 aromatic rings. The van der Waals surface area contributed by atoms with Crippen LogP contribution in [0, 0.1) is 0 Å². The van der Waals surface area contributed by atoms with Crippen LogP contribution in [0.3, 0.4) is 0 Å². The summed E-state index contributed by atoms with van der Waals surface area (Å²) in [5.41, 5.74) is 0.749. The molecule has 0 spiro atoms. The van der Waals surface area contributed by atoms with Gasteiger partial charge in [-0.2, -0.15) is 0 Å². The van der Waals surface area contributed by atoms with Crippen molar-refractivity contribution in [3.63, 3.8) is 0 Å². The van der Waals surface area contributed by atoms with Gasteiger partial charge in [-0.25, -0.2) is 4.98 Å². The van der Waals surface area contributed by atoms with E-state index in [0.29, 0.717) is 5.92 Å². The molecule has 0 saturated carbocycles. The van der Waals surface area contributed by atoms with E-state index in [2.05, 4.69) is 30.0 Å². The molecule has 0 aromatic carbocycles. The zero-order chi connectivity index (χ0) is 19.6. The van der Waals surface area contributed by atoms with Gasteiger partial charge in [-0.15, -0.1) is 35.0 Å². The quantitative estimate of drug-likeness (QED) is 0.746. The number of halogens is 2. The zero-order valence-corrected chi connectivity index (χ0v) is 19.3. The number of piperidine rings is 2. The number of carbonyl (C=O) groups is 1. The summed E-state index contributed by atoms with van der Waals surface area (Å²) in [4.78, 5) is 22.2. The standard InChI is InChI=1S/C21H29N7O.2ClH/c29-21(17-5-4-8-23-20(17)26-10-2-1-3-11-26)27-12-6-16(7-13-27)19-25-24-18-15-22-9-14-28(18)19;;/h4-5,8,16,22H,1-3,6-7,9-15H2;2*1H. The number of nitrogens with one attached hydrogen (secondary N) is 1. The predicted octanol–water partition coefficient (Wildman–Crippen LogP) is 2.63. The van der Waals surface area contributed by atoms with Crippen molar-refractivity contribution in [1.29, 1.82) is 0 Å². The van der Waals surface area contributed by atoms with Crippen molar-refractivity contribution >= 4 is 36.5 Å². The van der Waals surface area contributed by atoms with Gasteiger partial charge in [0.15, 0.2) is 0 Å². The number of pyridine rings is 1. The Morgan fingerprint density at radius 1 is 1.00 bits per heavy atom. The van der Waals surface area contributed by atoms with E-state index in [1.165, 1.54) is 19.3 Å². The minimum Gasteiger partial charge on any atom is -0.356 e. The second-order valence-corrected chi connectivity index (χ2v) is 8.29. The normalized spacial score (nSPS) is 19.2. The summed E-state index contributed by atoms with van der Waals surface area (Å²) in [5, 5.41) is 12.2. The molecule has 5 heterocycles. The van der Waals surface area contributed by atoms with Gasteiger partial charge in [-0.3, -0.25) is 4.79 Å². The van der Waals surface area contributed by atoms with Crippen molar-refractivity contribution in [3.05, 3.63) is 35.5 Å². The van der Waals surface area contributed by atoms with Gasteiger partial charge < -0.3 is 19.7 Å². The van der Waals surface area contributed by atoms with Crippen molar-refractivity contribution in [2.24, 2.45) is 0 Å². The molecule has 5 rings (SSSR count). The van der Waals surface area contributed by atoms with Crippen LogP contribution < -0.4 is 10.2 Å². The molecular weight excluding hydrogens is 437 g/mol. The van der Waals surface area contributed by atoms with Gasteiger partial charge in [-0.05, 0) is 44.2 Å². The summed E-state index contributed by atoms with van der Waals surface area (Å²) in [7, 11) is 0. The Labute approximate surface area is 195 Å². The lowest BCUT2D eigenvalue weighted by atomic mass is 9.95. The van der Waals surface area contributed by atoms with Gasteiger partial charge >= 0.3 is 0 Å². The van der Waals surface area contributed by atoms with Gasteiger partial charge in [-0.1, -0.05) is 0 Å². The van der Waals surface area contributed by atoms with Gasteiger partial charge in [0.25, 0.3) is 5.91 Å². The second-order valence-electron chi connectivity index (χ2n) is 8.29. The molecule has 2 aromatic heterocycles. The first-order valence-electron chi connectivity index (χ1n) is 10.9. The van der Waals surface area contributed by atoms with Crippen LogP contribution in [-0.2, 0) is 13.1 Å². The molecule has 0 unspecified atom stereocenters. The molecule has 2 fully saturated rings. The summed E-state index contributed by atoms with van der Waals surface area (Å²) in [6.07, 6.45) is 7.30. The van der Waals surface area contributed by atoms with Crippen molar-refractivity contribution in [2.75, 3.05) is 37.6 Å². The fourth-order valence-corrected chi connectivity index (χ4v) is 4.85. The Bertz CT molecular complexity index is 876. The molecule has 170 valence electrons. The largest absolute Gasteiger partial charge is 0.356 e. The van der Waals surface area contributed by atoms with Gasteiger partial charge in [0.05, 0.1) is 12.1 Å². The summed E-state index contributed by atoms with van der Waals surface area (Å²) >= 11 is 0. The number of hydrogen-bond acceptors (Lipinski definition) is 6. The Hall–Kier alpha value is -1.90. The van der Waals surface area contributed by atoms with Crippen LogP contribution in [0.2, 0.25) is 0 Å². The van der Waals surface area contributed by atoms with Crippen LogP contribution in [0.4, 0.5) is 5.82 Å². The van der Waals surface area contributed by atoms with Crippen LogP contribution in [-0.4, -0.2) is 63.3 Å². The van der Waals surface area contributed by atoms with E-state index < -0.39 is 0 Å². The molecule has 1 amide bonds. The molecule has 2 saturated heterocycles. The van der Waals surface area contributed by atoms with Crippen LogP contribution in [0.15, 0.2) is 18.3 Å². The van der Waals surface area contributed by atoms with E-state index in [0.717, 1.165) is 81.7 Å². The number of likely N-dealkylation sites (tertiary alicyclic amines) is 1. The molecule has 0 radical (unpaired) electrons. The highest BCUT2D eigenvalue weighted by atomic mass is 35.5. The molecule has 3 aliphatic heterocycles. The SMILES string of the molecule is Cl.Cl.O=C(c1cccnc1N1CCCCC1)N1CCC(c2nnc3n2CCNC3)CC1. The maximum Gasteiger partial charge on any atom is 0.257 e. The van der Waals surface area contributed by atoms with Gasteiger partial charge in [0.2, 0.25) is 0 Å². The zero-order valence-electron chi connectivity index (χ0n) is 17.7. The van der Waals surface area contributed by atoms with E-state index in [9.17, 15) is 4.79 Å².